The van der Waals surface area contributed by atoms with Gasteiger partial charge in [0.05, 0.1) is 0 Å². The van der Waals surface area contributed by atoms with Crippen molar-refractivity contribution < 1.29 is 4.79 Å². The Morgan fingerprint density at radius 1 is 1.43 bits per heavy atom. The molecule has 3 aliphatic rings. The molecule has 14 heavy (non-hydrogen) atoms. The number of nitrogens with one attached hydrogen (secondary N) is 1. The van der Waals surface area contributed by atoms with Crippen LogP contribution in [0.4, 0.5) is 4.79 Å². The normalized spacial score (nSPS) is 35.9. The summed E-state index contributed by atoms with van der Waals surface area (Å²) in [5.41, 5.74) is 0. The standard InChI is InChI=1S/C10H16N2OS/c13-10(11-7-2-1-3-7)12-5-9-4-8(12)6-14-9/h7-9H,1-6H2,(H,11,13). The lowest BCUT2D eigenvalue weighted by Crippen LogP contribution is -2.50. The highest BCUT2D eigenvalue weighted by atomic mass is 32.2. The fourth-order valence-corrected chi connectivity index (χ4v) is 3.89. The Hall–Kier alpha value is -0.380. The van der Waals surface area contributed by atoms with E-state index in [1.54, 1.807) is 0 Å². The third-order valence-corrected chi connectivity index (χ3v) is 4.98. The molecule has 1 saturated carbocycles. The van der Waals surface area contributed by atoms with E-state index in [1.165, 1.54) is 25.7 Å². The van der Waals surface area contributed by atoms with E-state index in [2.05, 4.69) is 10.2 Å². The first kappa shape index (κ1) is 8.89. The minimum Gasteiger partial charge on any atom is -0.335 e. The first-order chi connectivity index (χ1) is 6.83. The average Bonchev–Trinajstić information content (AvgIpc) is 2.71. The molecule has 78 valence electrons. The molecule has 2 amide bonds. The van der Waals surface area contributed by atoms with Crippen molar-refractivity contribution in [2.45, 2.75) is 43.0 Å². The Morgan fingerprint density at radius 2 is 2.29 bits per heavy atom. The molecule has 2 bridgehead atoms. The van der Waals surface area contributed by atoms with Crippen LogP contribution in [0, 0.1) is 0 Å². The van der Waals surface area contributed by atoms with Crippen LogP contribution in [0.1, 0.15) is 25.7 Å². The van der Waals surface area contributed by atoms with E-state index in [-0.39, 0.29) is 6.03 Å². The fraction of sp³-hybridized carbons (Fsp3) is 0.900. The zero-order valence-corrected chi connectivity index (χ0v) is 9.05. The largest absolute Gasteiger partial charge is 0.335 e. The molecule has 0 spiro atoms. The van der Waals surface area contributed by atoms with Crippen LogP contribution >= 0.6 is 11.8 Å². The third kappa shape index (κ3) is 1.40. The minimum atomic E-state index is 0.197. The van der Waals surface area contributed by atoms with E-state index in [0.29, 0.717) is 12.1 Å². The predicted molar refractivity (Wildman–Crippen MR) is 57.5 cm³/mol. The van der Waals surface area contributed by atoms with Crippen LogP contribution in [0.25, 0.3) is 0 Å². The molecular formula is C10H16N2OS. The lowest BCUT2D eigenvalue weighted by molar-refractivity contribution is 0.184. The second-order valence-corrected chi connectivity index (χ2v) is 5.91. The first-order valence-corrected chi connectivity index (χ1v) is 6.56. The zero-order chi connectivity index (χ0) is 9.54. The smallest absolute Gasteiger partial charge is 0.317 e. The maximum Gasteiger partial charge on any atom is 0.317 e. The zero-order valence-electron chi connectivity index (χ0n) is 8.24. The summed E-state index contributed by atoms with van der Waals surface area (Å²) in [5.74, 6) is 1.16. The molecule has 3 rings (SSSR count). The molecule has 0 aromatic rings. The van der Waals surface area contributed by atoms with Gasteiger partial charge < -0.3 is 10.2 Å². The van der Waals surface area contributed by atoms with E-state index < -0.39 is 0 Å². The molecule has 4 heteroatoms. The van der Waals surface area contributed by atoms with Crippen LogP contribution < -0.4 is 5.32 Å². The van der Waals surface area contributed by atoms with Gasteiger partial charge in [-0.1, -0.05) is 0 Å². The molecule has 0 aromatic carbocycles. The summed E-state index contributed by atoms with van der Waals surface area (Å²) in [6.07, 6.45) is 4.88. The molecule has 0 aromatic heterocycles. The summed E-state index contributed by atoms with van der Waals surface area (Å²) in [6.45, 7) is 0.980. The quantitative estimate of drug-likeness (QED) is 0.713. The van der Waals surface area contributed by atoms with Crippen molar-refractivity contribution in [1.29, 1.82) is 0 Å². The summed E-state index contributed by atoms with van der Waals surface area (Å²) in [4.78, 5) is 13.9. The number of hydrogen-bond acceptors (Lipinski definition) is 2. The maximum absolute atomic E-state index is 11.8. The van der Waals surface area contributed by atoms with E-state index in [1.807, 2.05) is 11.8 Å². The molecule has 2 unspecified atom stereocenters. The highest BCUT2D eigenvalue weighted by Gasteiger charge is 2.41. The fourth-order valence-electron chi connectivity index (χ4n) is 2.46. The monoisotopic (exact) mass is 212 g/mol. The topological polar surface area (TPSA) is 32.3 Å². The second-order valence-electron chi connectivity index (χ2n) is 4.57. The number of amides is 2. The lowest BCUT2D eigenvalue weighted by Gasteiger charge is -2.32. The second kappa shape index (κ2) is 3.33. The SMILES string of the molecule is O=C(NC1CCC1)N1CC2CC1CS2. The first-order valence-electron chi connectivity index (χ1n) is 5.51. The van der Waals surface area contributed by atoms with Gasteiger partial charge in [-0.05, 0) is 25.7 Å². The Labute approximate surface area is 88.6 Å². The van der Waals surface area contributed by atoms with Gasteiger partial charge in [0.15, 0.2) is 0 Å². The van der Waals surface area contributed by atoms with Crippen LogP contribution in [0.5, 0.6) is 0 Å². The van der Waals surface area contributed by atoms with Gasteiger partial charge in [0, 0.05) is 29.6 Å². The third-order valence-electron chi connectivity index (χ3n) is 3.59. The minimum absolute atomic E-state index is 0.197. The van der Waals surface area contributed by atoms with Crippen LogP contribution in [-0.2, 0) is 0 Å². The van der Waals surface area contributed by atoms with Crippen LogP contribution in [0.15, 0.2) is 0 Å². The van der Waals surface area contributed by atoms with Crippen LogP contribution in [-0.4, -0.2) is 40.6 Å². The Kier molecular flexibility index (Phi) is 2.11. The van der Waals surface area contributed by atoms with Crippen LogP contribution in [0.2, 0.25) is 0 Å². The average molecular weight is 212 g/mol. The van der Waals surface area contributed by atoms with Gasteiger partial charge >= 0.3 is 6.03 Å². The molecule has 2 atom stereocenters. The Balaban J connectivity index is 1.57. The van der Waals surface area contributed by atoms with Gasteiger partial charge in [-0.25, -0.2) is 4.79 Å². The lowest BCUT2D eigenvalue weighted by atomic mass is 9.93. The summed E-state index contributed by atoms with van der Waals surface area (Å²) in [5, 5.41) is 3.85. The highest BCUT2D eigenvalue weighted by Crippen LogP contribution is 2.37. The van der Waals surface area contributed by atoms with E-state index >= 15 is 0 Å². The summed E-state index contributed by atoms with van der Waals surface area (Å²) < 4.78 is 0. The number of hydrogen-bond donors (Lipinski definition) is 1. The molecule has 3 fully saturated rings. The number of rotatable bonds is 1. The predicted octanol–water partition coefficient (Wildman–Crippen LogP) is 1.44. The van der Waals surface area contributed by atoms with Crippen molar-refractivity contribution in [2.24, 2.45) is 0 Å². The van der Waals surface area contributed by atoms with Crippen molar-refractivity contribution in [3.63, 3.8) is 0 Å². The number of nitrogens with zero attached hydrogens (tertiary/aromatic N) is 1. The van der Waals surface area contributed by atoms with E-state index in [0.717, 1.165) is 17.5 Å². The van der Waals surface area contributed by atoms with Crippen molar-refractivity contribution in [3.8, 4) is 0 Å². The van der Waals surface area contributed by atoms with Gasteiger partial charge in [-0.2, -0.15) is 11.8 Å². The van der Waals surface area contributed by atoms with Crippen molar-refractivity contribution >= 4 is 17.8 Å². The summed E-state index contributed by atoms with van der Waals surface area (Å²) in [7, 11) is 0. The Morgan fingerprint density at radius 3 is 2.79 bits per heavy atom. The molecule has 3 nitrogen and oxygen atoms in total. The Bertz CT molecular complexity index is 255. The number of thioether (sulfide) groups is 1. The molecular weight excluding hydrogens is 196 g/mol. The van der Waals surface area contributed by atoms with Gasteiger partial charge in [0.2, 0.25) is 0 Å². The molecule has 0 radical (unpaired) electrons. The van der Waals surface area contributed by atoms with Crippen molar-refractivity contribution in [3.05, 3.63) is 0 Å². The van der Waals surface area contributed by atoms with Crippen LogP contribution in [0.3, 0.4) is 0 Å². The molecule has 2 heterocycles. The highest BCUT2D eigenvalue weighted by molar-refractivity contribution is 8.00. The molecule has 2 aliphatic heterocycles. The number of carbonyl (C=O) groups excluding carboxylic acids is 1. The van der Waals surface area contributed by atoms with Gasteiger partial charge in [-0.15, -0.1) is 0 Å². The van der Waals surface area contributed by atoms with E-state index in [4.69, 9.17) is 0 Å². The number of urea groups is 1. The molecule has 1 N–H and O–H groups in total. The summed E-state index contributed by atoms with van der Waals surface area (Å²) >= 11 is 2.03. The summed E-state index contributed by atoms with van der Waals surface area (Å²) in [6, 6.07) is 1.21. The van der Waals surface area contributed by atoms with Gasteiger partial charge in [-0.3, -0.25) is 0 Å². The molecule has 2 saturated heterocycles. The maximum atomic E-state index is 11.8. The van der Waals surface area contributed by atoms with Crippen molar-refractivity contribution in [2.75, 3.05) is 12.3 Å². The van der Waals surface area contributed by atoms with Gasteiger partial charge in [0.25, 0.3) is 0 Å². The molecule has 1 aliphatic carbocycles. The number of fused-ring (bicyclic) bond motifs is 2. The van der Waals surface area contributed by atoms with E-state index in [9.17, 15) is 4.79 Å². The van der Waals surface area contributed by atoms with Crippen molar-refractivity contribution in [1.82, 2.24) is 10.2 Å². The number of likely N-dealkylation sites (tertiary alicyclic amines) is 1. The number of carbonyl (C=O) groups is 1. The van der Waals surface area contributed by atoms with Gasteiger partial charge in [0.1, 0.15) is 0 Å².